The number of rotatable bonds is 5. The number of nitrogens with one attached hydrogen (secondary N) is 1. The third-order valence-corrected chi connectivity index (χ3v) is 4.05. The van der Waals surface area contributed by atoms with Crippen LogP contribution in [0, 0.1) is 11.6 Å². The molecule has 0 bridgehead atoms. The van der Waals surface area contributed by atoms with Gasteiger partial charge in [-0.2, -0.15) is 0 Å². The molecule has 1 aromatic heterocycles. The topological polar surface area (TPSA) is 73.2 Å². The molecule has 11 heteroatoms. The van der Waals surface area contributed by atoms with Gasteiger partial charge in [-0.25, -0.2) is 18.4 Å². The molecular weight excluding hydrogens is 413 g/mol. The Bertz CT molecular complexity index is 1170. The van der Waals surface area contributed by atoms with Crippen LogP contribution in [-0.2, 0) is 17.6 Å². The third-order valence-electron chi connectivity index (χ3n) is 4.05. The average Bonchev–Trinajstić information content (AvgIpc) is 2.65. The number of carbonyl (C=O) groups excluding carboxylic acids is 1. The molecule has 2 aromatic carbocycles. The van der Waals surface area contributed by atoms with Crippen LogP contribution < -0.4 is 15.7 Å². The second-order valence-electron chi connectivity index (χ2n) is 6.21. The molecule has 0 saturated heterocycles. The van der Waals surface area contributed by atoms with Crippen molar-refractivity contribution in [1.29, 1.82) is 0 Å². The van der Waals surface area contributed by atoms with Crippen molar-refractivity contribution in [2.45, 2.75) is 26.1 Å². The molecule has 1 heterocycles. The number of aryl methyl sites for hydroxylation is 1. The van der Waals surface area contributed by atoms with Crippen LogP contribution in [0.15, 0.2) is 41.2 Å². The zero-order valence-corrected chi connectivity index (χ0v) is 15.4. The highest BCUT2D eigenvalue weighted by atomic mass is 19.4. The van der Waals surface area contributed by atoms with Crippen LogP contribution in [0.5, 0.6) is 5.75 Å². The van der Waals surface area contributed by atoms with E-state index in [-0.39, 0.29) is 35.1 Å². The van der Waals surface area contributed by atoms with Gasteiger partial charge in [0, 0.05) is 12.5 Å². The molecule has 0 saturated carbocycles. The minimum absolute atomic E-state index is 0.0373. The predicted octanol–water partition coefficient (Wildman–Crippen LogP) is 3.45. The summed E-state index contributed by atoms with van der Waals surface area (Å²) in [6, 6.07) is 5.99. The van der Waals surface area contributed by atoms with Gasteiger partial charge in [0.2, 0.25) is 5.91 Å². The van der Waals surface area contributed by atoms with E-state index in [0.717, 1.165) is 35.0 Å². The number of fused-ring (bicyclic) bond motifs is 1. The maximum absolute atomic E-state index is 13.3. The normalized spacial score (nSPS) is 11.5. The van der Waals surface area contributed by atoms with E-state index in [4.69, 9.17) is 0 Å². The lowest BCUT2D eigenvalue weighted by Crippen LogP contribution is -2.37. The minimum Gasteiger partial charge on any atom is -0.406 e. The maximum Gasteiger partial charge on any atom is 0.573 e. The van der Waals surface area contributed by atoms with E-state index >= 15 is 0 Å². The molecule has 1 amide bonds. The van der Waals surface area contributed by atoms with Crippen LogP contribution in [0.4, 0.5) is 22.0 Å². The first kappa shape index (κ1) is 21.2. The van der Waals surface area contributed by atoms with Crippen LogP contribution >= 0.6 is 0 Å². The van der Waals surface area contributed by atoms with E-state index in [1.54, 1.807) is 6.92 Å². The quantitative estimate of drug-likeness (QED) is 0.634. The lowest BCUT2D eigenvalue weighted by molar-refractivity contribution is -0.274. The fourth-order valence-electron chi connectivity index (χ4n) is 2.76. The molecule has 3 rings (SSSR count). The zero-order valence-electron chi connectivity index (χ0n) is 15.4. The van der Waals surface area contributed by atoms with Crippen molar-refractivity contribution in [2.75, 3.05) is 5.43 Å². The fraction of sp³-hybridized carbons (Fsp3) is 0.211. The highest BCUT2D eigenvalue weighted by Crippen LogP contribution is 2.25. The number of carbonyl (C=O) groups is 1. The predicted molar refractivity (Wildman–Crippen MR) is 96.5 cm³/mol. The van der Waals surface area contributed by atoms with Gasteiger partial charge < -0.3 is 4.74 Å². The highest BCUT2D eigenvalue weighted by Gasteiger charge is 2.31. The molecular formula is C19H14F5N3O3. The Kier molecular flexibility index (Phi) is 5.72. The number of hydrogen-bond acceptors (Lipinski definition) is 4. The summed E-state index contributed by atoms with van der Waals surface area (Å²) in [4.78, 5) is 29.1. The van der Waals surface area contributed by atoms with Gasteiger partial charge >= 0.3 is 6.36 Å². The average molecular weight is 427 g/mol. The SMILES string of the molecule is CCc1nc2cc(OC(F)(F)F)ccc2c(=O)n1NC(=O)Cc1ccc(F)c(F)c1. The van der Waals surface area contributed by atoms with Gasteiger partial charge in [0.25, 0.3) is 5.56 Å². The maximum atomic E-state index is 13.3. The molecule has 0 unspecified atom stereocenters. The summed E-state index contributed by atoms with van der Waals surface area (Å²) in [5, 5.41) is -0.0464. The Labute approximate surface area is 165 Å². The zero-order chi connectivity index (χ0) is 22.1. The number of nitrogens with zero attached hydrogens (tertiary/aromatic N) is 2. The van der Waals surface area contributed by atoms with E-state index < -0.39 is 35.2 Å². The first-order valence-corrected chi connectivity index (χ1v) is 8.62. The Hall–Kier alpha value is -3.50. The van der Waals surface area contributed by atoms with E-state index in [0.29, 0.717) is 0 Å². The first-order chi connectivity index (χ1) is 14.1. The van der Waals surface area contributed by atoms with Gasteiger partial charge in [-0.15, -0.1) is 13.2 Å². The van der Waals surface area contributed by atoms with Crippen molar-refractivity contribution in [2.24, 2.45) is 0 Å². The molecule has 1 N–H and O–H groups in total. The summed E-state index contributed by atoms with van der Waals surface area (Å²) in [5.41, 5.74) is 1.76. The number of halogens is 5. The Morgan fingerprint density at radius 2 is 1.87 bits per heavy atom. The van der Waals surface area contributed by atoms with E-state index in [9.17, 15) is 31.5 Å². The summed E-state index contributed by atoms with van der Waals surface area (Å²) >= 11 is 0. The molecule has 6 nitrogen and oxygen atoms in total. The second-order valence-corrected chi connectivity index (χ2v) is 6.21. The number of aromatic nitrogens is 2. The lowest BCUT2D eigenvalue weighted by Gasteiger charge is -2.14. The molecule has 0 aliphatic rings. The standard InChI is InChI=1S/C19H14F5N3O3/c1-2-16-25-15-9-11(30-19(22,23)24)4-5-12(15)18(29)27(16)26-17(28)8-10-3-6-13(20)14(21)7-10/h3-7,9H,2,8H2,1H3,(H,26,28). The molecule has 0 spiro atoms. The Morgan fingerprint density at radius 3 is 2.50 bits per heavy atom. The minimum atomic E-state index is -4.90. The number of benzene rings is 2. The van der Waals surface area contributed by atoms with Gasteiger partial charge in [-0.1, -0.05) is 13.0 Å². The Morgan fingerprint density at radius 1 is 1.13 bits per heavy atom. The van der Waals surface area contributed by atoms with Gasteiger partial charge in [-0.3, -0.25) is 15.0 Å². The van der Waals surface area contributed by atoms with Crippen molar-refractivity contribution in [3.63, 3.8) is 0 Å². The fourth-order valence-corrected chi connectivity index (χ4v) is 2.76. The molecule has 0 atom stereocenters. The number of hydrogen-bond donors (Lipinski definition) is 1. The summed E-state index contributed by atoms with van der Waals surface area (Å²) in [7, 11) is 0. The smallest absolute Gasteiger partial charge is 0.406 e. The molecule has 0 fully saturated rings. The van der Waals surface area contributed by atoms with Gasteiger partial charge in [0.05, 0.1) is 17.3 Å². The molecule has 0 radical (unpaired) electrons. The molecule has 0 aliphatic heterocycles. The van der Waals surface area contributed by atoms with Gasteiger partial charge in [0.1, 0.15) is 11.6 Å². The number of amides is 1. The number of ether oxygens (including phenoxy) is 1. The first-order valence-electron chi connectivity index (χ1n) is 8.62. The molecule has 30 heavy (non-hydrogen) atoms. The number of alkyl halides is 3. The van der Waals surface area contributed by atoms with Crippen LogP contribution in [0.3, 0.4) is 0 Å². The van der Waals surface area contributed by atoms with Crippen molar-refractivity contribution in [1.82, 2.24) is 9.66 Å². The van der Waals surface area contributed by atoms with Crippen molar-refractivity contribution in [3.05, 3.63) is 69.8 Å². The van der Waals surface area contributed by atoms with E-state index in [1.165, 1.54) is 6.07 Å². The summed E-state index contributed by atoms with van der Waals surface area (Å²) in [5.74, 6) is -3.33. The van der Waals surface area contributed by atoms with Crippen LogP contribution in [0.25, 0.3) is 10.9 Å². The largest absolute Gasteiger partial charge is 0.573 e. The van der Waals surface area contributed by atoms with Gasteiger partial charge in [0.15, 0.2) is 11.6 Å². The third kappa shape index (κ3) is 4.73. The molecule has 0 aliphatic carbocycles. The second kappa shape index (κ2) is 8.09. The molecule has 158 valence electrons. The van der Waals surface area contributed by atoms with Crippen molar-refractivity contribution < 1.29 is 31.5 Å². The van der Waals surface area contributed by atoms with Crippen LogP contribution in [0.2, 0.25) is 0 Å². The Balaban J connectivity index is 1.92. The summed E-state index contributed by atoms with van der Waals surface area (Å²) in [6.45, 7) is 1.63. The lowest BCUT2D eigenvalue weighted by atomic mass is 10.1. The molecule has 3 aromatic rings. The van der Waals surface area contributed by atoms with Crippen LogP contribution in [0.1, 0.15) is 18.3 Å². The highest BCUT2D eigenvalue weighted by molar-refractivity contribution is 5.86. The van der Waals surface area contributed by atoms with E-state index in [2.05, 4.69) is 15.1 Å². The van der Waals surface area contributed by atoms with E-state index in [1.807, 2.05) is 0 Å². The van der Waals surface area contributed by atoms with Crippen LogP contribution in [-0.4, -0.2) is 21.9 Å². The summed E-state index contributed by atoms with van der Waals surface area (Å²) in [6.07, 6.45) is -5.08. The van der Waals surface area contributed by atoms with Gasteiger partial charge in [-0.05, 0) is 29.8 Å². The monoisotopic (exact) mass is 427 g/mol. The van der Waals surface area contributed by atoms with Crippen molar-refractivity contribution >= 4 is 16.8 Å². The van der Waals surface area contributed by atoms with Crippen molar-refractivity contribution in [3.8, 4) is 5.75 Å². The summed E-state index contributed by atoms with van der Waals surface area (Å²) < 4.78 is 68.2.